The lowest BCUT2D eigenvalue weighted by Gasteiger charge is -2.41. The van der Waals surface area contributed by atoms with Gasteiger partial charge < -0.3 is 10.3 Å². The predicted octanol–water partition coefficient (Wildman–Crippen LogP) is 1.37. The quantitative estimate of drug-likeness (QED) is 0.858. The molecule has 0 spiro atoms. The van der Waals surface area contributed by atoms with E-state index in [0.717, 1.165) is 25.9 Å². The van der Waals surface area contributed by atoms with Crippen LogP contribution in [0.4, 0.5) is 0 Å². The van der Waals surface area contributed by atoms with E-state index in [1.807, 2.05) is 0 Å². The second-order valence-corrected chi connectivity index (χ2v) is 6.33. The lowest BCUT2D eigenvalue weighted by atomic mass is 9.98. The number of H-pyrrole nitrogens is 1. The van der Waals surface area contributed by atoms with Gasteiger partial charge in [0.2, 0.25) is 5.56 Å². The Morgan fingerprint density at radius 3 is 2.50 bits per heavy atom. The van der Waals surface area contributed by atoms with Crippen molar-refractivity contribution in [1.29, 1.82) is 0 Å². The number of likely N-dealkylation sites (tertiary alicyclic amines) is 1. The number of amides is 1. The highest BCUT2D eigenvalue weighted by Crippen LogP contribution is 2.20. The molecule has 0 saturated carbocycles. The molecule has 20 heavy (non-hydrogen) atoms. The van der Waals surface area contributed by atoms with Crippen molar-refractivity contribution in [2.24, 2.45) is 0 Å². The van der Waals surface area contributed by atoms with Gasteiger partial charge in [0, 0.05) is 30.7 Å². The van der Waals surface area contributed by atoms with Gasteiger partial charge in [0.25, 0.3) is 5.91 Å². The normalized spacial score (nSPS) is 17.9. The van der Waals surface area contributed by atoms with Crippen LogP contribution in [0, 0.1) is 0 Å². The fraction of sp³-hybridized carbons (Fsp3) is 0.600. The highest BCUT2D eigenvalue weighted by atomic mass is 16.2. The molecule has 110 valence electrons. The number of hydrogen-bond acceptors (Lipinski definition) is 3. The van der Waals surface area contributed by atoms with Crippen LogP contribution < -0.4 is 10.9 Å². The minimum absolute atomic E-state index is 0.180. The van der Waals surface area contributed by atoms with Crippen LogP contribution in [0.25, 0.3) is 0 Å². The first kappa shape index (κ1) is 14.8. The Labute approximate surface area is 119 Å². The molecule has 0 bridgehead atoms. The lowest BCUT2D eigenvalue weighted by molar-refractivity contribution is 0.0809. The first-order valence-corrected chi connectivity index (χ1v) is 7.11. The van der Waals surface area contributed by atoms with Gasteiger partial charge >= 0.3 is 0 Å². The van der Waals surface area contributed by atoms with Gasteiger partial charge in [-0.2, -0.15) is 0 Å². The topological polar surface area (TPSA) is 65.2 Å². The maximum atomic E-state index is 12.0. The third-order valence-corrected chi connectivity index (χ3v) is 3.79. The van der Waals surface area contributed by atoms with E-state index in [0.29, 0.717) is 5.69 Å². The number of aromatic nitrogens is 1. The van der Waals surface area contributed by atoms with E-state index in [9.17, 15) is 9.59 Å². The fourth-order valence-corrected chi connectivity index (χ4v) is 2.54. The molecule has 1 aliphatic heterocycles. The number of carbonyl (C=O) groups excluding carboxylic acids is 1. The molecular weight excluding hydrogens is 254 g/mol. The first-order valence-electron chi connectivity index (χ1n) is 7.11. The average Bonchev–Trinajstić information content (AvgIpc) is 2.38. The van der Waals surface area contributed by atoms with E-state index in [1.165, 1.54) is 6.07 Å². The van der Waals surface area contributed by atoms with Crippen LogP contribution in [-0.2, 0) is 0 Å². The second-order valence-electron chi connectivity index (χ2n) is 6.33. The van der Waals surface area contributed by atoms with Crippen molar-refractivity contribution in [1.82, 2.24) is 15.2 Å². The molecule has 2 rings (SSSR count). The number of aromatic amines is 1. The summed E-state index contributed by atoms with van der Waals surface area (Å²) in [5, 5.41) is 3.00. The Morgan fingerprint density at radius 1 is 1.30 bits per heavy atom. The predicted molar refractivity (Wildman–Crippen MR) is 78.9 cm³/mol. The van der Waals surface area contributed by atoms with Crippen molar-refractivity contribution >= 4 is 5.91 Å². The monoisotopic (exact) mass is 277 g/mol. The van der Waals surface area contributed by atoms with Crippen LogP contribution in [0.15, 0.2) is 23.0 Å². The molecule has 1 fully saturated rings. The largest absolute Gasteiger partial charge is 0.348 e. The van der Waals surface area contributed by atoms with Crippen molar-refractivity contribution in [2.75, 3.05) is 13.1 Å². The van der Waals surface area contributed by atoms with Gasteiger partial charge in [0.15, 0.2) is 0 Å². The summed E-state index contributed by atoms with van der Waals surface area (Å²) >= 11 is 0. The van der Waals surface area contributed by atoms with Gasteiger partial charge in [-0.05, 0) is 39.7 Å². The van der Waals surface area contributed by atoms with Crippen LogP contribution in [0.5, 0.6) is 0 Å². The zero-order chi connectivity index (χ0) is 14.8. The van der Waals surface area contributed by atoms with E-state index in [1.54, 1.807) is 12.1 Å². The van der Waals surface area contributed by atoms with Crippen molar-refractivity contribution in [3.63, 3.8) is 0 Å². The smallest absolute Gasteiger partial charge is 0.268 e. The number of rotatable bonds is 2. The number of nitrogens with zero attached hydrogens (tertiary/aromatic N) is 1. The van der Waals surface area contributed by atoms with Gasteiger partial charge in [-0.1, -0.05) is 6.07 Å². The van der Waals surface area contributed by atoms with E-state index in [4.69, 9.17) is 0 Å². The average molecular weight is 277 g/mol. The van der Waals surface area contributed by atoms with E-state index < -0.39 is 0 Å². The standard InChI is InChI=1S/C15H23N3O2/c1-15(2,3)18-9-7-11(8-10-18)16-14(20)12-5-4-6-13(19)17-12/h4-6,11H,7-10H2,1-3H3,(H,16,20)(H,17,19). The zero-order valence-electron chi connectivity index (χ0n) is 12.4. The van der Waals surface area contributed by atoms with Crippen molar-refractivity contribution in [2.45, 2.75) is 45.2 Å². The van der Waals surface area contributed by atoms with Crippen LogP contribution in [-0.4, -0.2) is 40.5 Å². The number of hydrogen-bond donors (Lipinski definition) is 2. The molecule has 0 aromatic carbocycles. The molecule has 1 saturated heterocycles. The highest BCUT2D eigenvalue weighted by molar-refractivity contribution is 5.92. The van der Waals surface area contributed by atoms with Crippen LogP contribution >= 0.6 is 0 Å². The second kappa shape index (κ2) is 5.79. The molecule has 0 unspecified atom stereocenters. The van der Waals surface area contributed by atoms with E-state index >= 15 is 0 Å². The summed E-state index contributed by atoms with van der Waals surface area (Å²) in [6.07, 6.45) is 1.89. The molecule has 2 heterocycles. The molecule has 1 amide bonds. The summed E-state index contributed by atoms with van der Waals surface area (Å²) in [7, 11) is 0. The van der Waals surface area contributed by atoms with Crippen LogP contribution in [0.2, 0.25) is 0 Å². The molecule has 0 atom stereocenters. The molecule has 2 N–H and O–H groups in total. The van der Waals surface area contributed by atoms with Gasteiger partial charge in [0.1, 0.15) is 5.69 Å². The molecular formula is C15H23N3O2. The summed E-state index contributed by atoms with van der Waals surface area (Å²) in [6.45, 7) is 8.60. The number of piperidine rings is 1. The minimum Gasteiger partial charge on any atom is -0.348 e. The Bertz CT molecular complexity index is 522. The maximum absolute atomic E-state index is 12.0. The third-order valence-electron chi connectivity index (χ3n) is 3.79. The van der Waals surface area contributed by atoms with Gasteiger partial charge in [-0.3, -0.25) is 14.5 Å². The molecule has 5 nitrogen and oxygen atoms in total. The summed E-state index contributed by atoms with van der Waals surface area (Å²) in [5.74, 6) is -0.197. The third kappa shape index (κ3) is 3.70. The van der Waals surface area contributed by atoms with E-state index in [-0.39, 0.29) is 23.0 Å². The molecule has 1 aromatic rings. The number of nitrogens with one attached hydrogen (secondary N) is 2. The summed E-state index contributed by atoms with van der Waals surface area (Å²) < 4.78 is 0. The van der Waals surface area contributed by atoms with Gasteiger partial charge in [-0.15, -0.1) is 0 Å². The van der Waals surface area contributed by atoms with Crippen molar-refractivity contribution in [3.05, 3.63) is 34.2 Å². The Hall–Kier alpha value is -1.62. The molecule has 5 heteroatoms. The summed E-state index contributed by atoms with van der Waals surface area (Å²) in [5.41, 5.74) is 0.260. The molecule has 1 aromatic heterocycles. The Kier molecular flexibility index (Phi) is 4.28. The SMILES string of the molecule is CC(C)(C)N1CCC(NC(=O)c2cccc(=O)[nH]2)CC1. The summed E-state index contributed by atoms with van der Waals surface area (Å²) in [4.78, 5) is 28.2. The summed E-state index contributed by atoms with van der Waals surface area (Å²) in [6, 6.07) is 4.81. The van der Waals surface area contributed by atoms with E-state index in [2.05, 4.69) is 36.0 Å². The maximum Gasteiger partial charge on any atom is 0.268 e. The molecule has 0 aliphatic carbocycles. The Balaban J connectivity index is 1.90. The number of carbonyl (C=O) groups is 1. The van der Waals surface area contributed by atoms with Gasteiger partial charge in [0.05, 0.1) is 0 Å². The van der Waals surface area contributed by atoms with Crippen molar-refractivity contribution < 1.29 is 4.79 Å². The van der Waals surface area contributed by atoms with Crippen LogP contribution in [0.1, 0.15) is 44.1 Å². The fourth-order valence-electron chi connectivity index (χ4n) is 2.54. The van der Waals surface area contributed by atoms with Crippen LogP contribution in [0.3, 0.4) is 0 Å². The number of pyridine rings is 1. The minimum atomic E-state index is -0.250. The van der Waals surface area contributed by atoms with Gasteiger partial charge in [-0.25, -0.2) is 0 Å². The first-order chi connectivity index (χ1) is 9.36. The Morgan fingerprint density at radius 2 is 1.95 bits per heavy atom. The lowest BCUT2D eigenvalue weighted by Crippen LogP contribution is -2.51. The van der Waals surface area contributed by atoms with Crippen molar-refractivity contribution in [3.8, 4) is 0 Å². The zero-order valence-corrected chi connectivity index (χ0v) is 12.4. The highest BCUT2D eigenvalue weighted by Gasteiger charge is 2.27. The molecule has 1 aliphatic rings. The molecule has 0 radical (unpaired) electrons.